The molecule has 38 valence electrons. The summed E-state index contributed by atoms with van der Waals surface area (Å²) in [6.07, 6.45) is -0.260. The average molecular weight is 110 g/mol. The van der Waals surface area contributed by atoms with Crippen LogP contribution in [0.5, 0.6) is 0 Å². The third kappa shape index (κ3) is 4.21. The molecule has 0 aliphatic rings. The summed E-state index contributed by atoms with van der Waals surface area (Å²) in [6.45, 7) is 0. The summed E-state index contributed by atoms with van der Waals surface area (Å²) >= 11 is 5.16. The SMILES string of the molecule is NC(O)CCCl. The summed E-state index contributed by atoms with van der Waals surface area (Å²) < 4.78 is 0. The lowest BCUT2D eigenvalue weighted by Crippen LogP contribution is -2.18. The highest BCUT2D eigenvalue weighted by Crippen LogP contribution is 1.83. The zero-order valence-corrected chi connectivity index (χ0v) is 4.15. The van der Waals surface area contributed by atoms with Crippen molar-refractivity contribution in [2.45, 2.75) is 12.6 Å². The van der Waals surface area contributed by atoms with E-state index in [4.69, 9.17) is 22.4 Å². The maximum absolute atomic E-state index is 8.25. The van der Waals surface area contributed by atoms with Crippen molar-refractivity contribution >= 4 is 11.6 Å². The normalized spacial score (nSPS) is 14.5. The van der Waals surface area contributed by atoms with Crippen LogP contribution in [0.3, 0.4) is 0 Å². The van der Waals surface area contributed by atoms with Crippen molar-refractivity contribution in [3.63, 3.8) is 0 Å². The first-order chi connectivity index (χ1) is 2.77. The minimum Gasteiger partial charge on any atom is -0.379 e. The Bertz CT molecular complexity index is 32.0. The van der Waals surface area contributed by atoms with Crippen molar-refractivity contribution in [1.82, 2.24) is 0 Å². The lowest BCUT2D eigenvalue weighted by atomic mass is 10.4. The Morgan fingerprint density at radius 3 is 2.33 bits per heavy atom. The molecule has 0 aromatic carbocycles. The number of rotatable bonds is 2. The quantitative estimate of drug-likeness (QED) is 0.384. The topological polar surface area (TPSA) is 46.2 Å². The number of hydrogen-bond donors (Lipinski definition) is 2. The minimum absolute atomic E-state index is 0.428. The smallest absolute Gasteiger partial charge is 0.103 e. The molecule has 1 atom stereocenters. The Hall–Kier alpha value is 0.210. The molecule has 0 aromatic rings. The van der Waals surface area contributed by atoms with Crippen LogP contribution in [0.1, 0.15) is 6.42 Å². The number of aliphatic hydroxyl groups excluding tert-OH is 1. The van der Waals surface area contributed by atoms with Crippen molar-refractivity contribution in [1.29, 1.82) is 0 Å². The minimum atomic E-state index is -0.734. The molecular formula is C3H8ClNO. The predicted octanol–water partition coefficient (Wildman–Crippen LogP) is -0.108. The number of halogens is 1. The van der Waals surface area contributed by atoms with Gasteiger partial charge in [-0.2, -0.15) is 0 Å². The van der Waals surface area contributed by atoms with Crippen molar-refractivity contribution in [2.24, 2.45) is 5.73 Å². The molecule has 3 N–H and O–H groups in total. The molecule has 0 amide bonds. The summed E-state index contributed by atoms with van der Waals surface area (Å²) in [5, 5.41) is 8.25. The standard InChI is InChI=1S/C3H8ClNO/c4-2-1-3(5)6/h3,6H,1-2,5H2. The largest absolute Gasteiger partial charge is 0.379 e. The summed E-state index contributed by atoms with van der Waals surface area (Å²) in [7, 11) is 0. The molecule has 3 heteroatoms. The monoisotopic (exact) mass is 109 g/mol. The number of alkyl halides is 1. The second-order valence-electron chi connectivity index (χ2n) is 1.05. The molecule has 0 aromatic heterocycles. The van der Waals surface area contributed by atoms with Gasteiger partial charge in [-0.1, -0.05) is 0 Å². The third-order valence-corrected chi connectivity index (χ3v) is 0.623. The zero-order chi connectivity index (χ0) is 4.99. The highest BCUT2D eigenvalue weighted by Gasteiger charge is 1.88. The van der Waals surface area contributed by atoms with Crippen molar-refractivity contribution in [3.05, 3.63) is 0 Å². The van der Waals surface area contributed by atoms with E-state index < -0.39 is 6.23 Å². The molecule has 6 heavy (non-hydrogen) atoms. The van der Waals surface area contributed by atoms with Crippen LogP contribution >= 0.6 is 11.6 Å². The Kier molecular flexibility index (Phi) is 3.52. The Morgan fingerprint density at radius 2 is 2.33 bits per heavy atom. The van der Waals surface area contributed by atoms with Crippen LogP contribution in [0.4, 0.5) is 0 Å². The van der Waals surface area contributed by atoms with E-state index in [1.807, 2.05) is 0 Å². The first-order valence-electron chi connectivity index (χ1n) is 1.77. The molecule has 0 aliphatic carbocycles. The van der Waals surface area contributed by atoms with Crippen molar-refractivity contribution in [3.8, 4) is 0 Å². The van der Waals surface area contributed by atoms with Crippen LogP contribution in [-0.4, -0.2) is 17.2 Å². The predicted molar refractivity (Wildman–Crippen MR) is 25.5 cm³/mol. The number of nitrogens with two attached hydrogens (primary N) is 1. The van der Waals surface area contributed by atoms with Crippen LogP contribution < -0.4 is 5.73 Å². The molecule has 0 saturated heterocycles. The maximum atomic E-state index is 8.25. The van der Waals surface area contributed by atoms with Crippen molar-refractivity contribution in [2.75, 3.05) is 5.88 Å². The van der Waals surface area contributed by atoms with E-state index in [0.717, 1.165) is 0 Å². The summed E-state index contributed by atoms with van der Waals surface area (Å²) in [6, 6.07) is 0. The number of hydrogen-bond acceptors (Lipinski definition) is 2. The van der Waals surface area contributed by atoms with E-state index in [0.29, 0.717) is 12.3 Å². The Balaban J connectivity index is 2.63. The molecule has 0 saturated carbocycles. The Labute approximate surface area is 41.9 Å². The van der Waals surface area contributed by atoms with Crippen LogP contribution in [0.15, 0.2) is 0 Å². The van der Waals surface area contributed by atoms with E-state index in [9.17, 15) is 0 Å². The van der Waals surface area contributed by atoms with Gasteiger partial charge in [0.15, 0.2) is 0 Å². The van der Waals surface area contributed by atoms with E-state index in [1.54, 1.807) is 0 Å². The third-order valence-electron chi connectivity index (χ3n) is 0.405. The highest BCUT2D eigenvalue weighted by atomic mass is 35.5. The van der Waals surface area contributed by atoms with E-state index in [1.165, 1.54) is 0 Å². The van der Waals surface area contributed by atoms with Gasteiger partial charge in [0.1, 0.15) is 6.23 Å². The Morgan fingerprint density at radius 1 is 1.83 bits per heavy atom. The fourth-order valence-corrected chi connectivity index (χ4v) is 0.335. The summed E-state index contributed by atoms with van der Waals surface area (Å²) in [4.78, 5) is 0. The van der Waals surface area contributed by atoms with Gasteiger partial charge in [-0.3, -0.25) is 0 Å². The van der Waals surface area contributed by atoms with E-state index >= 15 is 0 Å². The van der Waals surface area contributed by atoms with E-state index in [-0.39, 0.29) is 0 Å². The first kappa shape index (κ1) is 6.21. The molecule has 0 rings (SSSR count). The van der Waals surface area contributed by atoms with Crippen LogP contribution in [0.25, 0.3) is 0 Å². The highest BCUT2D eigenvalue weighted by molar-refractivity contribution is 6.17. The maximum Gasteiger partial charge on any atom is 0.103 e. The van der Waals surface area contributed by atoms with Gasteiger partial charge in [0.25, 0.3) is 0 Å². The van der Waals surface area contributed by atoms with Gasteiger partial charge in [-0.15, -0.1) is 11.6 Å². The summed E-state index contributed by atoms with van der Waals surface area (Å²) in [5.74, 6) is 0.428. The lowest BCUT2D eigenvalue weighted by molar-refractivity contribution is 0.179. The van der Waals surface area contributed by atoms with E-state index in [2.05, 4.69) is 0 Å². The van der Waals surface area contributed by atoms with Crippen LogP contribution in [-0.2, 0) is 0 Å². The number of aliphatic hydroxyl groups is 1. The van der Waals surface area contributed by atoms with Crippen LogP contribution in [0, 0.1) is 0 Å². The van der Waals surface area contributed by atoms with Gasteiger partial charge in [-0.05, 0) is 0 Å². The fraction of sp³-hybridized carbons (Fsp3) is 1.00. The first-order valence-corrected chi connectivity index (χ1v) is 2.30. The molecule has 2 nitrogen and oxygen atoms in total. The molecule has 1 unspecified atom stereocenters. The fourth-order valence-electron chi connectivity index (χ4n) is 0.112. The lowest BCUT2D eigenvalue weighted by Gasteiger charge is -1.95. The molecule has 0 bridgehead atoms. The van der Waals surface area contributed by atoms with Gasteiger partial charge in [-0.25, -0.2) is 0 Å². The molecule has 0 radical (unpaired) electrons. The second-order valence-corrected chi connectivity index (χ2v) is 1.42. The second kappa shape index (κ2) is 3.40. The molecule has 0 heterocycles. The molecule has 0 spiro atoms. The van der Waals surface area contributed by atoms with Gasteiger partial charge in [0.05, 0.1) is 0 Å². The molecule has 0 aliphatic heterocycles. The van der Waals surface area contributed by atoms with Crippen LogP contribution in [0.2, 0.25) is 0 Å². The average Bonchev–Trinajstić information content (AvgIpc) is 1.35. The van der Waals surface area contributed by atoms with Crippen molar-refractivity contribution < 1.29 is 5.11 Å². The van der Waals surface area contributed by atoms with Gasteiger partial charge < -0.3 is 10.8 Å². The van der Waals surface area contributed by atoms with Gasteiger partial charge in [0, 0.05) is 12.3 Å². The molecular weight excluding hydrogens is 101 g/mol. The summed E-state index contributed by atoms with van der Waals surface area (Å²) in [5.41, 5.74) is 4.87. The zero-order valence-electron chi connectivity index (χ0n) is 3.39. The van der Waals surface area contributed by atoms with Gasteiger partial charge >= 0.3 is 0 Å². The molecule has 0 fully saturated rings. The van der Waals surface area contributed by atoms with Gasteiger partial charge in [0.2, 0.25) is 0 Å².